The highest BCUT2D eigenvalue weighted by atomic mass is 16.2. The second-order valence-electron chi connectivity index (χ2n) is 7.94. The van der Waals surface area contributed by atoms with E-state index in [1.807, 2.05) is 13.0 Å². The summed E-state index contributed by atoms with van der Waals surface area (Å²) in [5.41, 5.74) is 1.48. The van der Waals surface area contributed by atoms with Crippen LogP contribution >= 0.6 is 0 Å². The van der Waals surface area contributed by atoms with E-state index in [1.54, 1.807) is 18.5 Å². The minimum Gasteiger partial charge on any atom is -0.344 e. The van der Waals surface area contributed by atoms with Crippen molar-refractivity contribution in [2.45, 2.75) is 46.1 Å². The molecular formula is C20H22N4O3. The first-order valence-corrected chi connectivity index (χ1v) is 9.12. The molecule has 2 aromatic rings. The van der Waals surface area contributed by atoms with Crippen LogP contribution in [0.1, 0.15) is 50.7 Å². The largest absolute Gasteiger partial charge is 0.344 e. The lowest BCUT2D eigenvalue weighted by Crippen LogP contribution is -2.41. The maximum absolute atomic E-state index is 13.1. The van der Waals surface area contributed by atoms with Gasteiger partial charge in [0.1, 0.15) is 5.82 Å². The van der Waals surface area contributed by atoms with E-state index in [9.17, 15) is 14.4 Å². The number of anilines is 1. The van der Waals surface area contributed by atoms with Crippen LogP contribution in [0.5, 0.6) is 0 Å². The number of allylic oxidation sites excluding steroid dienone is 2. The van der Waals surface area contributed by atoms with Crippen LogP contribution < -0.4 is 16.6 Å². The molecule has 0 spiro atoms. The third kappa shape index (κ3) is 2.74. The molecule has 2 aromatic heterocycles. The monoisotopic (exact) mass is 366 g/mol. The molecule has 1 unspecified atom stereocenters. The number of nitrogens with one attached hydrogen (secondary N) is 2. The lowest BCUT2D eigenvalue weighted by Gasteiger charge is -2.39. The Hall–Kier alpha value is -2.96. The van der Waals surface area contributed by atoms with E-state index >= 15 is 0 Å². The van der Waals surface area contributed by atoms with E-state index in [1.165, 1.54) is 4.57 Å². The van der Waals surface area contributed by atoms with Gasteiger partial charge in [0.15, 0.2) is 5.78 Å². The van der Waals surface area contributed by atoms with Gasteiger partial charge in [0, 0.05) is 42.5 Å². The highest BCUT2D eigenvalue weighted by Crippen LogP contribution is 2.47. The van der Waals surface area contributed by atoms with E-state index < -0.39 is 17.2 Å². The lowest BCUT2D eigenvalue weighted by molar-refractivity contribution is -0.118. The van der Waals surface area contributed by atoms with Crippen LogP contribution in [0, 0.1) is 5.41 Å². The molecule has 0 fully saturated rings. The van der Waals surface area contributed by atoms with Gasteiger partial charge in [0.25, 0.3) is 5.56 Å². The van der Waals surface area contributed by atoms with Crippen LogP contribution in [0.4, 0.5) is 5.82 Å². The maximum atomic E-state index is 13.1. The van der Waals surface area contributed by atoms with Crippen molar-refractivity contribution in [3.05, 3.63) is 67.8 Å². The number of H-pyrrole nitrogens is 1. The smallest absolute Gasteiger partial charge is 0.329 e. The summed E-state index contributed by atoms with van der Waals surface area (Å²) in [6.45, 7) is 6.36. The van der Waals surface area contributed by atoms with Gasteiger partial charge in [-0.3, -0.25) is 24.1 Å². The second-order valence-corrected chi connectivity index (χ2v) is 7.94. The van der Waals surface area contributed by atoms with Gasteiger partial charge in [0.2, 0.25) is 0 Å². The van der Waals surface area contributed by atoms with Crippen LogP contribution in [0.3, 0.4) is 0 Å². The zero-order valence-corrected chi connectivity index (χ0v) is 15.6. The van der Waals surface area contributed by atoms with Gasteiger partial charge in [-0.05, 0) is 30.4 Å². The average molecular weight is 366 g/mol. The van der Waals surface area contributed by atoms with Crippen molar-refractivity contribution in [3.8, 4) is 0 Å². The first-order chi connectivity index (χ1) is 12.8. The molecule has 27 heavy (non-hydrogen) atoms. The summed E-state index contributed by atoms with van der Waals surface area (Å²) in [5.74, 6) is -0.0260. The number of aromatic amines is 1. The van der Waals surface area contributed by atoms with E-state index in [2.05, 4.69) is 29.1 Å². The summed E-state index contributed by atoms with van der Waals surface area (Å²) in [6, 6.07) is 3.66. The molecular weight excluding hydrogens is 344 g/mol. The molecule has 7 heteroatoms. The fourth-order valence-electron chi connectivity index (χ4n) is 4.24. The van der Waals surface area contributed by atoms with Gasteiger partial charge in [-0.25, -0.2) is 4.79 Å². The molecule has 0 saturated heterocycles. The van der Waals surface area contributed by atoms with Crippen molar-refractivity contribution in [1.82, 2.24) is 14.5 Å². The molecule has 0 amide bonds. The van der Waals surface area contributed by atoms with E-state index in [0.29, 0.717) is 36.3 Å². The fraction of sp³-hybridized carbons (Fsp3) is 0.400. The number of Topliss-reactive ketones (excluding diaryl/α,β-unsaturated/α-hetero) is 1. The van der Waals surface area contributed by atoms with Crippen LogP contribution in [0.25, 0.3) is 0 Å². The summed E-state index contributed by atoms with van der Waals surface area (Å²) < 4.78 is 1.51. The van der Waals surface area contributed by atoms with E-state index in [0.717, 1.165) is 11.3 Å². The molecule has 2 aliphatic rings. The number of hydrogen-bond donors (Lipinski definition) is 2. The molecule has 4 rings (SSSR count). The summed E-state index contributed by atoms with van der Waals surface area (Å²) >= 11 is 0. The predicted octanol–water partition coefficient (Wildman–Crippen LogP) is 2.15. The quantitative estimate of drug-likeness (QED) is 0.849. The highest BCUT2D eigenvalue weighted by molar-refractivity contribution is 6.01. The Labute approximate surface area is 156 Å². The molecule has 7 nitrogen and oxygen atoms in total. The fourth-order valence-corrected chi connectivity index (χ4v) is 4.24. The molecule has 0 aromatic carbocycles. The predicted molar refractivity (Wildman–Crippen MR) is 102 cm³/mol. The van der Waals surface area contributed by atoms with Gasteiger partial charge in [-0.15, -0.1) is 0 Å². The molecule has 1 aliphatic carbocycles. The number of pyridine rings is 1. The topological polar surface area (TPSA) is 96.8 Å². The Morgan fingerprint density at radius 2 is 2.04 bits per heavy atom. The summed E-state index contributed by atoms with van der Waals surface area (Å²) in [5, 5.41) is 3.27. The number of carbonyl (C=O) groups excluding carboxylic acids is 1. The van der Waals surface area contributed by atoms with E-state index in [-0.39, 0.29) is 11.2 Å². The van der Waals surface area contributed by atoms with Crippen molar-refractivity contribution < 1.29 is 4.79 Å². The zero-order valence-electron chi connectivity index (χ0n) is 15.6. The highest BCUT2D eigenvalue weighted by Gasteiger charge is 2.42. The Bertz CT molecular complexity index is 1080. The van der Waals surface area contributed by atoms with Crippen LogP contribution in [0.15, 0.2) is 45.4 Å². The molecule has 0 bridgehead atoms. The zero-order chi connectivity index (χ0) is 19.3. The van der Waals surface area contributed by atoms with Crippen molar-refractivity contribution in [1.29, 1.82) is 0 Å². The molecule has 1 atom stereocenters. The Kier molecular flexibility index (Phi) is 3.91. The van der Waals surface area contributed by atoms with Crippen LogP contribution in [-0.2, 0) is 11.3 Å². The normalized spacial score (nSPS) is 20.7. The molecule has 0 saturated carbocycles. The van der Waals surface area contributed by atoms with Gasteiger partial charge in [0.05, 0.1) is 5.56 Å². The summed E-state index contributed by atoms with van der Waals surface area (Å²) in [6.07, 6.45) is 4.43. The average Bonchev–Trinajstić information content (AvgIpc) is 2.60. The summed E-state index contributed by atoms with van der Waals surface area (Å²) in [4.78, 5) is 44.7. The Morgan fingerprint density at radius 3 is 2.70 bits per heavy atom. The van der Waals surface area contributed by atoms with Gasteiger partial charge in [-0.1, -0.05) is 19.9 Å². The number of nitrogens with zero attached hydrogens (tertiary/aromatic N) is 2. The second kappa shape index (κ2) is 6.04. The number of ketones is 1. The standard InChI is InChI=1S/C20H22N4O3/c1-4-24-17-16(18(26)23-19(24)27)14(11-6-5-7-21-10-11)15-12(22-17)8-20(2,3)9-13(15)25/h5-7,10,14,22H,4,8-9H2,1-3H3,(H,23,26,27). The van der Waals surface area contributed by atoms with Crippen molar-refractivity contribution in [3.63, 3.8) is 0 Å². The molecule has 140 valence electrons. The van der Waals surface area contributed by atoms with Crippen LogP contribution in [0.2, 0.25) is 0 Å². The number of carbonyl (C=O) groups is 1. The third-order valence-electron chi connectivity index (χ3n) is 5.34. The SMILES string of the molecule is CCn1c2c(c(=O)[nH]c1=O)C(c1cccnc1)C1=C(CC(C)(C)CC1=O)N2. The van der Waals surface area contributed by atoms with Gasteiger partial charge >= 0.3 is 5.69 Å². The Balaban J connectivity index is 2.06. The number of hydrogen-bond acceptors (Lipinski definition) is 5. The number of aromatic nitrogens is 3. The number of rotatable bonds is 2. The van der Waals surface area contributed by atoms with Gasteiger partial charge in [-0.2, -0.15) is 0 Å². The van der Waals surface area contributed by atoms with Crippen molar-refractivity contribution in [2.75, 3.05) is 5.32 Å². The van der Waals surface area contributed by atoms with Crippen molar-refractivity contribution >= 4 is 11.6 Å². The molecule has 0 radical (unpaired) electrons. The molecule has 3 heterocycles. The summed E-state index contributed by atoms with van der Waals surface area (Å²) in [7, 11) is 0. The maximum Gasteiger partial charge on any atom is 0.329 e. The van der Waals surface area contributed by atoms with E-state index in [4.69, 9.17) is 0 Å². The molecule has 1 aliphatic heterocycles. The minimum atomic E-state index is -0.532. The number of fused-ring (bicyclic) bond motifs is 1. The first-order valence-electron chi connectivity index (χ1n) is 9.12. The van der Waals surface area contributed by atoms with Crippen LogP contribution in [-0.4, -0.2) is 20.3 Å². The third-order valence-corrected chi connectivity index (χ3v) is 5.34. The Morgan fingerprint density at radius 1 is 1.26 bits per heavy atom. The first kappa shape index (κ1) is 17.5. The van der Waals surface area contributed by atoms with Gasteiger partial charge < -0.3 is 5.32 Å². The van der Waals surface area contributed by atoms with Crippen molar-refractivity contribution in [2.24, 2.45) is 5.41 Å². The lowest BCUT2D eigenvalue weighted by atomic mass is 9.69. The minimum absolute atomic E-state index is 0.0295. The molecule has 2 N–H and O–H groups in total.